The van der Waals surface area contributed by atoms with Crippen LogP contribution in [0.2, 0.25) is 0 Å². The molecule has 138 valence electrons. The van der Waals surface area contributed by atoms with Gasteiger partial charge in [0.25, 0.3) is 11.8 Å². The van der Waals surface area contributed by atoms with Gasteiger partial charge in [0.2, 0.25) is 0 Å². The summed E-state index contributed by atoms with van der Waals surface area (Å²) >= 11 is 0. The lowest BCUT2D eigenvalue weighted by Gasteiger charge is -2.29. The van der Waals surface area contributed by atoms with E-state index in [1.54, 1.807) is 31.2 Å². The van der Waals surface area contributed by atoms with Gasteiger partial charge in [-0.1, -0.05) is 25.8 Å². The summed E-state index contributed by atoms with van der Waals surface area (Å²) in [6.45, 7) is 3.89. The van der Waals surface area contributed by atoms with Crippen LogP contribution in [0.1, 0.15) is 49.9 Å². The molecule has 1 aliphatic carbocycles. The molecular formula is C19H28N2O4. The second-order valence-electron chi connectivity index (χ2n) is 6.81. The van der Waals surface area contributed by atoms with E-state index in [-0.39, 0.29) is 31.0 Å². The molecule has 3 N–H and O–H groups in total. The van der Waals surface area contributed by atoms with Gasteiger partial charge < -0.3 is 20.5 Å². The maximum atomic E-state index is 12.1. The van der Waals surface area contributed by atoms with Crippen molar-refractivity contribution >= 4 is 11.8 Å². The molecule has 3 atom stereocenters. The molecule has 0 heterocycles. The predicted octanol–water partition coefficient (Wildman–Crippen LogP) is 1.87. The Morgan fingerprint density at radius 1 is 1.32 bits per heavy atom. The first-order valence-electron chi connectivity index (χ1n) is 8.94. The smallest absolute Gasteiger partial charge is 0.258 e. The van der Waals surface area contributed by atoms with Crippen LogP contribution in [0.3, 0.4) is 0 Å². The van der Waals surface area contributed by atoms with Crippen LogP contribution in [0.5, 0.6) is 5.75 Å². The molecule has 0 bridgehead atoms. The third kappa shape index (κ3) is 6.38. The summed E-state index contributed by atoms with van der Waals surface area (Å²) < 4.78 is 5.52. The molecule has 25 heavy (non-hydrogen) atoms. The summed E-state index contributed by atoms with van der Waals surface area (Å²) in [4.78, 5) is 24.1. The van der Waals surface area contributed by atoms with Gasteiger partial charge in [-0.3, -0.25) is 9.59 Å². The van der Waals surface area contributed by atoms with Crippen molar-refractivity contribution in [2.24, 2.45) is 5.92 Å². The Balaban J connectivity index is 1.83. The van der Waals surface area contributed by atoms with Crippen molar-refractivity contribution in [1.82, 2.24) is 10.6 Å². The summed E-state index contributed by atoms with van der Waals surface area (Å²) in [7, 11) is 0. The van der Waals surface area contributed by atoms with Gasteiger partial charge in [0.15, 0.2) is 6.61 Å². The Bertz CT molecular complexity index is 589. The minimum atomic E-state index is -0.603. The molecule has 0 unspecified atom stereocenters. The molecular weight excluding hydrogens is 320 g/mol. The first-order chi connectivity index (χ1) is 12.0. The number of nitrogens with one attached hydrogen (secondary N) is 2. The summed E-state index contributed by atoms with van der Waals surface area (Å²) in [5.41, 5.74) is 0.430. The highest BCUT2D eigenvalue weighted by Crippen LogP contribution is 2.23. The van der Waals surface area contributed by atoms with E-state index in [1.807, 2.05) is 0 Å². The average molecular weight is 348 g/mol. The highest BCUT2D eigenvalue weighted by Gasteiger charge is 2.22. The van der Waals surface area contributed by atoms with Crippen LogP contribution in [0.4, 0.5) is 0 Å². The van der Waals surface area contributed by atoms with Gasteiger partial charge in [0.1, 0.15) is 5.75 Å². The number of aliphatic hydroxyl groups is 1. The van der Waals surface area contributed by atoms with Crippen molar-refractivity contribution in [3.8, 4) is 5.75 Å². The van der Waals surface area contributed by atoms with E-state index < -0.39 is 6.10 Å². The number of aliphatic hydroxyl groups excluding tert-OH is 1. The largest absolute Gasteiger partial charge is 0.484 e. The number of carbonyl (C=O) groups is 2. The zero-order valence-electron chi connectivity index (χ0n) is 15.0. The second-order valence-corrected chi connectivity index (χ2v) is 6.81. The zero-order valence-corrected chi connectivity index (χ0v) is 15.0. The summed E-state index contributed by atoms with van der Waals surface area (Å²) in [6.07, 6.45) is 3.95. The fourth-order valence-corrected chi connectivity index (χ4v) is 3.00. The number of hydrogen-bond donors (Lipinski definition) is 3. The van der Waals surface area contributed by atoms with Crippen molar-refractivity contribution < 1.29 is 19.4 Å². The van der Waals surface area contributed by atoms with Gasteiger partial charge in [0, 0.05) is 18.2 Å². The first-order valence-corrected chi connectivity index (χ1v) is 8.94. The van der Waals surface area contributed by atoms with Crippen LogP contribution < -0.4 is 15.4 Å². The molecule has 2 rings (SSSR count). The highest BCUT2D eigenvalue weighted by molar-refractivity contribution is 5.94. The number of benzene rings is 1. The predicted molar refractivity (Wildman–Crippen MR) is 95.5 cm³/mol. The minimum absolute atomic E-state index is 0.0675. The van der Waals surface area contributed by atoms with E-state index in [0.717, 1.165) is 19.3 Å². The number of rotatable bonds is 7. The fourth-order valence-electron chi connectivity index (χ4n) is 3.00. The number of carbonyl (C=O) groups excluding carboxylic acids is 2. The van der Waals surface area contributed by atoms with Crippen LogP contribution >= 0.6 is 0 Å². The molecule has 1 fully saturated rings. The van der Waals surface area contributed by atoms with Gasteiger partial charge in [-0.2, -0.15) is 0 Å². The average Bonchev–Trinajstić information content (AvgIpc) is 2.60. The van der Waals surface area contributed by atoms with E-state index in [2.05, 4.69) is 17.6 Å². The van der Waals surface area contributed by atoms with Gasteiger partial charge in [-0.25, -0.2) is 0 Å². The maximum absolute atomic E-state index is 12.1. The van der Waals surface area contributed by atoms with Gasteiger partial charge in [0.05, 0.1) is 6.10 Å². The lowest BCUT2D eigenvalue weighted by molar-refractivity contribution is -0.124. The molecule has 0 spiro atoms. The first kappa shape index (κ1) is 19.2. The molecule has 0 aliphatic heterocycles. The quantitative estimate of drug-likeness (QED) is 0.702. The Labute approximate surface area is 149 Å². The lowest BCUT2D eigenvalue weighted by Crippen LogP contribution is -2.43. The summed E-state index contributed by atoms with van der Waals surface area (Å²) in [5.74, 6) is 0.546. The summed E-state index contributed by atoms with van der Waals surface area (Å²) in [5, 5.41) is 14.9. The third-order valence-corrected chi connectivity index (χ3v) is 4.48. The topological polar surface area (TPSA) is 87.7 Å². The van der Waals surface area contributed by atoms with Crippen LogP contribution in [-0.4, -0.2) is 42.2 Å². The monoisotopic (exact) mass is 348 g/mol. The fraction of sp³-hybridized carbons (Fsp3) is 0.579. The van der Waals surface area contributed by atoms with Gasteiger partial charge >= 0.3 is 0 Å². The molecule has 1 aliphatic rings. The molecule has 6 nitrogen and oxygen atoms in total. The molecule has 6 heteroatoms. The van der Waals surface area contributed by atoms with Crippen LogP contribution in [0.15, 0.2) is 24.3 Å². The molecule has 1 saturated carbocycles. The van der Waals surface area contributed by atoms with Crippen LogP contribution in [-0.2, 0) is 4.79 Å². The van der Waals surface area contributed by atoms with Crippen molar-refractivity contribution in [2.75, 3.05) is 13.2 Å². The second kappa shape index (κ2) is 9.42. The van der Waals surface area contributed by atoms with E-state index in [1.165, 1.54) is 6.42 Å². The van der Waals surface area contributed by atoms with E-state index in [4.69, 9.17) is 4.74 Å². The van der Waals surface area contributed by atoms with Gasteiger partial charge in [-0.15, -0.1) is 0 Å². The Morgan fingerprint density at radius 2 is 2.08 bits per heavy atom. The highest BCUT2D eigenvalue weighted by atomic mass is 16.5. The van der Waals surface area contributed by atoms with Crippen LogP contribution in [0.25, 0.3) is 0 Å². The lowest BCUT2D eigenvalue weighted by atomic mass is 9.86. The SMILES string of the molecule is C[C@H](O)CNC(=O)c1cccc(OCC(=O)N[C@@H]2CCCC[C@@H]2C)c1. The molecule has 0 saturated heterocycles. The molecule has 1 aromatic rings. The molecule has 0 aromatic heterocycles. The van der Waals surface area contributed by atoms with Crippen molar-refractivity contribution in [2.45, 2.75) is 51.7 Å². The summed E-state index contributed by atoms with van der Waals surface area (Å²) in [6, 6.07) is 6.89. The van der Waals surface area contributed by atoms with E-state index in [9.17, 15) is 14.7 Å². The Morgan fingerprint density at radius 3 is 2.80 bits per heavy atom. The Hall–Kier alpha value is -2.08. The minimum Gasteiger partial charge on any atom is -0.484 e. The molecule has 2 amide bonds. The molecule has 0 radical (unpaired) electrons. The number of ether oxygens (including phenoxy) is 1. The number of hydrogen-bond acceptors (Lipinski definition) is 4. The Kier molecular flexibility index (Phi) is 7.25. The van der Waals surface area contributed by atoms with Crippen molar-refractivity contribution in [3.63, 3.8) is 0 Å². The standard InChI is InChI=1S/C19H28N2O4/c1-13-6-3-4-9-17(13)21-18(23)12-25-16-8-5-7-15(10-16)19(24)20-11-14(2)22/h5,7-8,10,13-14,17,22H,3-4,6,9,11-12H2,1-2H3,(H,20,24)(H,21,23)/t13-,14-,17+/m0/s1. The van der Waals surface area contributed by atoms with Crippen molar-refractivity contribution in [1.29, 1.82) is 0 Å². The van der Waals surface area contributed by atoms with Gasteiger partial charge in [-0.05, 0) is 43.9 Å². The zero-order chi connectivity index (χ0) is 18.2. The number of amides is 2. The third-order valence-electron chi connectivity index (χ3n) is 4.48. The normalized spacial score (nSPS) is 21.2. The van der Waals surface area contributed by atoms with E-state index in [0.29, 0.717) is 17.2 Å². The van der Waals surface area contributed by atoms with Crippen LogP contribution in [0, 0.1) is 5.92 Å². The van der Waals surface area contributed by atoms with E-state index >= 15 is 0 Å². The molecule has 1 aromatic carbocycles. The van der Waals surface area contributed by atoms with Crippen molar-refractivity contribution in [3.05, 3.63) is 29.8 Å². The maximum Gasteiger partial charge on any atom is 0.258 e.